The number of hydrogen-bond acceptors (Lipinski definition) is 3. The summed E-state index contributed by atoms with van der Waals surface area (Å²) in [5.74, 6) is -1.06. The van der Waals surface area contributed by atoms with Gasteiger partial charge >= 0.3 is 0 Å². The van der Waals surface area contributed by atoms with Gasteiger partial charge in [-0.05, 0) is 13.8 Å². The second kappa shape index (κ2) is 4.30. The molecule has 0 heterocycles. The van der Waals surface area contributed by atoms with E-state index in [2.05, 4.69) is 6.58 Å². The standard InChI is InChI=1S/C7H14O3/c1-4-9-5-6-10-7(2,3)8/h4,8H,1,5-6H2,2-3H3. The molecular formula is C7H14O3. The molecule has 10 heavy (non-hydrogen) atoms. The zero-order valence-corrected chi connectivity index (χ0v) is 6.46. The maximum Gasteiger partial charge on any atom is 0.159 e. The van der Waals surface area contributed by atoms with Gasteiger partial charge in [-0.25, -0.2) is 0 Å². The monoisotopic (exact) mass is 146 g/mol. The smallest absolute Gasteiger partial charge is 0.159 e. The summed E-state index contributed by atoms with van der Waals surface area (Å²) < 4.78 is 9.67. The molecule has 0 spiro atoms. The Labute approximate surface area is 61.3 Å². The predicted octanol–water partition coefficient (Wildman–Crippen LogP) is 0.891. The molecule has 0 aromatic heterocycles. The Morgan fingerprint density at radius 3 is 2.50 bits per heavy atom. The number of ether oxygens (including phenoxy) is 2. The fourth-order valence-corrected chi connectivity index (χ4v) is 0.423. The molecule has 0 unspecified atom stereocenters. The van der Waals surface area contributed by atoms with E-state index in [0.29, 0.717) is 13.2 Å². The summed E-state index contributed by atoms with van der Waals surface area (Å²) >= 11 is 0. The third-order valence-electron chi connectivity index (χ3n) is 0.774. The minimum atomic E-state index is -1.06. The average Bonchev–Trinajstić information content (AvgIpc) is 1.78. The summed E-state index contributed by atoms with van der Waals surface area (Å²) in [4.78, 5) is 0. The fourth-order valence-electron chi connectivity index (χ4n) is 0.423. The first-order valence-corrected chi connectivity index (χ1v) is 3.15. The van der Waals surface area contributed by atoms with Crippen molar-refractivity contribution in [1.82, 2.24) is 0 Å². The van der Waals surface area contributed by atoms with Crippen molar-refractivity contribution in [3.63, 3.8) is 0 Å². The predicted molar refractivity (Wildman–Crippen MR) is 38.4 cm³/mol. The maximum atomic E-state index is 9.01. The van der Waals surface area contributed by atoms with E-state index in [4.69, 9.17) is 14.6 Å². The molecule has 0 aliphatic rings. The minimum Gasteiger partial charge on any atom is -0.499 e. The molecule has 0 saturated heterocycles. The lowest BCUT2D eigenvalue weighted by Crippen LogP contribution is -2.24. The van der Waals surface area contributed by atoms with Crippen LogP contribution in [0.25, 0.3) is 0 Å². The van der Waals surface area contributed by atoms with Crippen molar-refractivity contribution in [2.24, 2.45) is 0 Å². The lowest BCUT2D eigenvalue weighted by atomic mass is 10.4. The average molecular weight is 146 g/mol. The van der Waals surface area contributed by atoms with Crippen LogP contribution in [0.15, 0.2) is 12.8 Å². The summed E-state index contributed by atoms with van der Waals surface area (Å²) in [7, 11) is 0. The van der Waals surface area contributed by atoms with E-state index >= 15 is 0 Å². The van der Waals surface area contributed by atoms with E-state index in [9.17, 15) is 0 Å². The van der Waals surface area contributed by atoms with Crippen LogP contribution >= 0.6 is 0 Å². The zero-order valence-electron chi connectivity index (χ0n) is 6.46. The van der Waals surface area contributed by atoms with Gasteiger partial charge in [-0.15, -0.1) is 0 Å². The molecule has 0 bridgehead atoms. The first kappa shape index (κ1) is 9.46. The second-order valence-corrected chi connectivity index (χ2v) is 2.33. The van der Waals surface area contributed by atoms with Gasteiger partial charge in [0.15, 0.2) is 5.79 Å². The molecule has 3 nitrogen and oxygen atoms in total. The second-order valence-electron chi connectivity index (χ2n) is 2.33. The van der Waals surface area contributed by atoms with E-state index in [1.54, 1.807) is 13.8 Å². The van der Waals surface area contributed by atoms with E-state index in [-0.39, 0.29) is 0 Å². The molecule has 0 aromatic rings. The highest BCUT2D eigenvalue weighted by atomic mass is 16.6. The first-order valence-electron chi connectivity index (χ1n) is 3.15. The molecule has 0 saturated carbocycles. The molecule has 3 heteroatoms. The molecule has 0 radical (unpaired) electrons. The van der Waals surface area contributed by atoms with Crippen LogP contribution in [0, 0.1) is 0 Å². The molecule has 0 amide bonds. The summed E-state index contributed by atoms with van der Waals surface area (Å²) in [5, 5.41) is 9.01. The Bertz CT molecular complexity index is 93.5. The van der Waals surface area contributed by atoms with Gasteiger partial charge < -0.3 is 14.6 Å². The molecular weight excluding hydrogens is 132 g/mol. The Kier molecular flexibility index (Phi) is 4.07. The molecule has 0 rings (SSSR count). The maximum absolute atomic E-state index is 9.01. The van der Waals surface area contributed by atoms with Crippen LogP contribution in [0.3, 0.4) is 0 Å². The Balaban J connectivity index is 3.12. The Morgan fingerprint density at radius 1 is 1.50 bits per heavy atom. The lowest BCUT2D eigenvalue weighted by Gasteiger charge is -2.17. The highest BCUT2D eigenvalue weighted by Gasteiger charge is 2.10. The van der Waals surface area contributed by atoms with Crippen LogP contribution in [0.2, 0.25) is 0 Å². The molecule has 0 aromatic carbocycles. The number of rotatable bonds is 5. The third kappa shape index (κ3) is 7.46. The largest absolute Gasteiger partial charge is 0.499 e. The van der Waals surface area contributed by atoms with E-state index in [1.807, 2.05) is 0 Å². The Morgan fingerprint density at radius 2 is 2.10 bits per heavy atom. The van der Waals surface area contributed by atoms with Crippen molar-refractivity contribution in [1.29, 1.82) is 0 Å². The molecule has 0 atom stereocenters. The summed E-state index contributed by atoms with van der Waals surface area (Å²) in [5.41, 5.74) is 0. The van der Waals surface area contributed by atoms with E-state index < -0.39 is 5.79 Å². The van der Waals surface area contributed by atoms with Crippen molar-refractivity contribution < 1.29 is 14.6 Å². The van der Waals surface area contributed by atoms with Crippen LogP contribution in [0.1, 0.15) is 13.8 Å². The van der Waals surface area contributed by atoms with Crippen molar-refractivity contribution in [3.05, 3.63) is 12.8 Å². The molecule has 0 aliphatic heterocycles. The normalized spacial score (nSPS) is 11.1. The van der Waals surface area contributed by atoms with Crippen molar-refractivity contribution >= 4 is 0 Å². The van der Waals surface area contributed by atoms with Crippen LogP contribution < -0.4 is 0 Å². The van der Waals surface area contributed by atoms with E-state index in [1.165, 1.54) is 6.26 Å². The third-order valence-corrected chi connectivity index (χ3v) is 0.774. The van der Waals surface area contributed by atoms with Gasteiger partial charge in [0.25, 0.3) is 0 Å². The van der Waals surface area contributed by atoms with Crippen molar-refractivity contribution in [2.45, 2.75) is 19.6 Å². The van der Waals surface area contributed by atoms with Crippen molar-refractivity contribution in [3.8, 4) is 0 Å². The molecule has 0 fully saturated rings. The molecule has 60 valence electrons. The van der Waals surface area contributed by atoms with Gasteiger partial charge in [-0.3, -0.25) is 0 Å². The summed E-state index contributed by atoms with van der Waals surface area (Å²) in [6.45, 7) is 7.29. The summed E-state index contributed by atoms with van der Waals surface area (Å²) in [6.07, 6.45) is 1.34. The topological polar surface area (TPSA) is 38.7 Å². The zero-order chi connectivity index (χ0) is 8.04. The Hall–Kier alpha value is -0.540. The van der Waals surface area contributed by atoms with Gasteiger partial charge in [0.2, 0.25) is 0 Å². The highest BCUT2D eigenvalue weighted by molar-refractivity contribution is 4.50. The fraction of sp³-hybridized carbons (Fsp3) is 0.714. The van der Waals surface area contributed by atoms with Crippen molar-refractivity contribution in [2.75, 3.05) is 13.2 Å². The minimum absolute atomic E-state index is 0.371. The van der Waals surface area contributed by atoms with Crippen LogP contribution in [-0.2, 0) is 9.47 Å². The van der Waals surface area contributed by atoms with Crippen LogP contribution in [0.5, 0.6) is 0 Å². The van der Waals surface area contributed by atoms with Crippen LogP contribution in [0.4, 0.5) is 0 Å². The first-order chi connectivity index (χ1) is 4.56. The SMILES string of the molecule is C=COCCOC(C)(C)O. The number of hydrogen-bond donors (Lipinski definition) is 1. The van der Waals surface area contributed by atoms with Gasteiger partial charge in [0.05, 0.1) is 12.9 Å². The molecule has 0 aliphatic carbocycles. The molecule has 1 N–H and O–H groups in total. The van der Waals surface area contributed by atoms with E-state index in [0.717, 1.165) is 0 Å². The van der Waals surface area contributed by atoms with Gasteiger partial charge in [0.1, 0.15) is 6.61 Å². The quantitative estimate of drug-likeness (QED) is 0.355. The number of aliphatic hydroxyl groups is 1. The lowest BCUT2D eigenvalue weighted by molar-refractivity contribution is -0.180. The van der Waals surface area contributed by atoms with Gasteiger partial charge in [0, 0.05) is 0 Å². The highest BCUT2D eigenvalue weighted by Crippen LogP contribution is 2.01. The van der Waals surface area contributed by atoms with Crippen LogP contribution in [-0.4, -0.2) is 24.1 Å². The summed E-state index contributed by atoms with van der Waals surface area (Å²) in [6, 6.07) is 0. The van der Waals surface area contributed by atoms with Gasteiger partial charge in [-0.2, -0.15) is 0 Å². The van der Waals surface area contributed by atoms with Gasteiger partial charge in [-0.1, -0.05) is 6.58 Å².